The van der Waals surface area contributed by atoms with Gasteiger partial charge in [0.1, 0.15) is 0 Å². The van der Waals surface area contributed by atoms with Gasteiger partial charge in [-0.25, -0.2) is 18.0 Å². The molecule has 1 aromatic rings. The molecule has 3 atom stereocenters. The highest BCUT2D eigenvalue weighted by molar-refractivity contribution is 7.89. The van der Waals surface area contributed by atoms with Gasteiger partial charge in [-0.1, -0.05) is 24.6 Å². The number of aliphatic carboxylic acids is 2. The molecular weight excluding hydrogens is 384 g/mol. The standard InChI is InChI=1S/C17H24N2O2S.C2H2O4/c20-22(21,16-4-2-1-3-5-16)19-10-8-18(9-11-19)17-13-14-6-7-15(17)12-14;3-1(4)2(5)6/h1-5,14-15,17H,6-13H2;(H,3,4)(H,5,6). The molecule has 8 nitrogen and oxygen atoms in total. The molecule has 0 aromatic heterocycles. The summed E-state index contributed by atoms with van der Waals surface area (Å²) in [6.45, 7) is 3.04. The average molecular weight is 410 g/mol. The lowest BCUT2D eigenvalue weighted by molar-refractivity contribution is -0.159. The molecule has 3 unspecified atom stereocenters. The Morgan fingerprint density at radius 1 is 0.893 bits per heavy atom. The van der Waals surface area contributed by atoms with Crippen molar-refractivity contribution in [3.63, 3.8) is 0 Å². The van der Waals surface area contributed by atoms with E-state index in [1.807, 2.05) is 6.07 Å². The fraction of sp³-hybridized carbons (Fsp3) is 0.579. The number of sulfonamides is 1. The van der Waals surface area contributed by atoms with Crippen molar-refractivity contribution in [3.05, 3.63) is 30.3 Å². The lowest BCUT2D eigenvalue weighted by Gasteiger charge is -2.40. The Morgan fingerprint density at radius 2 is 1.50 bits per heavy atom. The quantitative estimate of drug-likeness (QED) is 0.723. The monoisotopic (exact) mass is 410 g/mol. The number of carboxylic acid groups (broad SMARTS) is 2. The predicted octanol–water partition coefficient (Wildman–Crippen LogP) is 1.34. The third kappa shape index (κ3) is 4.53. The summed E-state index contributed by atoms with van der Waals surface area (Å²) in [5.74, 6) is -1.83. The van der Waals surface area contributed by atoms with Gasteiger partial charge in [-0.3, -0.25) is 4.90 Å². The maximum atomic E-state index is 12.7. The molecule has 9 heteroatoms. The molecule has 3 aliphatic rings. The van der Waals surface area contributed by atoms with E-state index < -0.39 is 22.0 Å². The largest absolute Gasteiger partial charge is 0.473 e. The lowest BCUT2D eigenvalue weighted by atomic mass is 9.93. The SMILES string of the molecule is O=C(O)C(=O)O.O=S(=O)(c1ccccc1)N1CCN(C2CC3CCC2C3)CC1. The van der Waals surface area contributed by atoms with Crippen LogP contribution < -0.4 is 0 Å². The van der Waals surface area contributed by atoms with E-state index in [-0.39, 0.29) is 0 Å². The highest BCUT2D eigenvalue weighted by Gasteiger charge is 2.43. The van der Waals surface area contributed by atoms with Gasteiger partial charge in [0.2, 0.25) is 10.0 Å². The molecule has 1 heterocycles. The molecule has 0 amide bonds. The third-order valence-corrected chi connectivity index (χ3v) is 7.92. The molecule has 2 saturated carbocycles. The molecule has 154 valence electrons. The molecular formula is C19H26N2O6S. The van der Waals surface area contributed by atoms with Crippen LogP contribution in [0.25, 0.3) is 0 Å². The number of carbonyl (C=O) groups is 2. The van der Waals surface area contributed by atoms with Crippen LogP contribution in [-0.2, 0) is 19.6 Å². The zero-order valence-corrected chi connectivity index (χ0v) is 16.4. The number of piperazine rings is 1. The van der Waals surface area contributed by atoms with E-state index in [0.717, 1.165) is 31.0 Å². The van der Waals surface area contributed by atoms with Crippen molar-refractivity contribution in [2.24, 2.45) is 11.8 Å². The minimum Gasteiger partial charge on any atom is -0.473 e. The smallest absolute Gasteiger partial charge is 0.414 e. The van der Waals surface area contributed by atoms with Crippen LogP contribution in [0.4, 0.5) is 0 Å². The Bertz CT molecular complexity index is 793. The summed E-state index contributed by atoms with van der Waals surface area (Å²) in [5.41, 5.74) is 0. The van der Waals surface area contributed by atoms with Crippen LogP contribution in [0.3, 0.4) is 0 Å². The van der Waals surface area contributed by atoms with Crippen molar-refractivity contribution >= 4 is 22.0 Å². The molecule has 2 N–H and O–H groups in total. The van der Waals surface area contributed by atoms with E-state index in [1.54, 1.807) is 28.6 Å². The normalized spacial score (nSPS) is 27.8. The minimum atomic E-state index is -3.31. The third-order valence-electron chi connectivity index (χ3n) is 6.01. The van der Waals surface area contributed by atoms with Crippen molar-refractivity contribution in [1.82, 2.24) is 9.21 Å². The van der Waals surface area contributed by atoms with Crippen LogP contribution in [-0.4, -0.2) is 72.0 Å². The summed E-state index contributed by atoms with van der Waals surface area (Å²) in [7, 11) is -3.31. The summed E-state index contributed by atoms with van der Waals surface area (Å²) in [5, 5.41) is 14.8. The van der Waals surface area contributed by atoms with Gasteiger partial charge in [-0.15, -0.1) is 0 Å². The summed E-state index contributed by atoms with van der Waals surface area (Å²) in [6, 6.07) is 9.54. The van der Waals surface area contributed by atoms with Crippen LogP contribution in [0, 0.1) is 11.8 Å². The number of hydrogen-bond donors (Lipinski definition) is 2. The van der Waals surface area contributed by atoms with Crippen molar-refractivity contribution in [2.75, 3.05) is 26.2 Å². The van der Waals surface area contributed by atoms with Gasteiger partial charge in [0.05, 0.1) is 4.90 Å². The van der Waals surface area contributed by atoms with E-state index in [9.17, 15) is 8.42 Å². The summed E-state index contributed by atoms with van der Waals surface area (Å²) in [4.78, 5) is 21.2. The average Bonchev–Trinajstić information content (AvgIpc) is 3.33. The molecule has 0 spiro atoms. The Kier molecular flexibility index (Phi) is 6.36. The van der Waals surface area contributed by atoms with Crippen LogP contribution in [0.2, 0.25) is 0 Å². The molecule has 1 aliphatic heterocycles. The van der Waals surface area contributed by atoms with Gasteiger partial charge in [0.15, 0.2) is 0 Å². The second-order valence-corrected chi connectivity index (χ2v) is 9.54. The Morgan fingerprint density at radius 3 is 1.96 bits per heavy atom. The van der Waals surface area contributed by atoms with E-state index in [0.29, 0.717) is 18.0 Å². The van der Waals surface area contributed by atoms with Gasteiger partial charge in [0, 0.05) is 32.2 Å². The Hall–Kier alpha value is -1.97. The molecule has 0 radical (unpaired) electrons. The zero-order valence-electron chi connectivity index (χ0n) is 15.6. The molecule has 2 bridgehead atoms. The molecule has 1 aromatic carbocycles. The van der Waals surface area contributed by atoms with Gasteiger partial charge in [0.25, 0.3) is 0 Å². The first-order valence-electron chi connectivity index (χ1n) is 9.54. The minimum absolute atomic E-state index is 0.420. The topological polar surface area (TPSA) is 115 Å². The van der Waals surface area contributed by atoms with Crippen LogP contribution in [0.1, 0.15) is 25.7 Å². The molecule has 1 saturated heterocycles. The molecule has 3 fully saturated rings. The maximum Gasteiger partial charge on any atom is 0.414 e. The summed E-state index contributed by atoms with van der Waals surface area (Å²) in [6.07, 6.45) is 5.56. The summed E-state index contributed by atoms with van der Waals surface area (Å²) < 4.78 is 27.0. The van der Waals surface area contributed by atoms with Crippen molar-refractivity contribution in [2.45, 2.75) is 36.6 Å². The predicted molar refractivity (Wildman–Crippen MR) is 101 cm³/mol. The second kappa shape index (κ2) is 8.59. The van der Waals surface area contributed by atoms with Crippen molar-refractivity contribution < 1.29 is 28.2 Å². The van der Waals surface area contributed by atoms with Crippen LogP contribution >= 0.6 is 0 Å². The van der Waals surface area contributed by atoms with E-state index in [4.69, 9.17) is 19.8 Å². The number of benzene rings is 1. The fourth-order valence-corrected chi connectivity index (χ4v) is 6.12. The van der Waals surface area contributed by atoms with Gasteiger partial charge in [-0.05, 0) is 43.2 Å². The molecule has 2 aliphatic carbocycles. The number of fused-ring (bicyclic) bond motifs is 2. The number of rotatable bonds is 3. The van der Waals surface area contributed by atoms with E-state index in [1.165, 1.54) is 25.7 Å². The Labute approximate surface area is 164 Å². The highest BCUT2D eigenvalue weighted by atomic mass is 32.2. The maximum absolute atomic E-state index is 12.7. The van der Waals surface area contributed by atoms with E-state index >= 15 is 0 Å². The van der Waals surface area contributed by atoms with Gasteiger partial charge >= 0.3 is 11.9 Å². The summed E-state index contributed by atoms with van der Waals surface area (Å²) >= 11 is 0. The van der Waals surface area contributed by atoms with Crippen LogP contribution in [0.15, 0.2) is 35.2 Å². The highest BCUT2D eigenvalue weighted by Crippen LogP contribution is 2.46. The first-order valence-corrected chi connectivity index (χ1v) is 11.0. The van der Waals surface area contributed by atoms with Crippen molar-refractivity contribution in [1.29, 1.82) is 0 Å². The zero-order chi connectivity index (χ0) is 20.3. The lowest BCUT2D eigenvalue weighted by Crippen LogP contribution is -2.53. The molecule has 4 rings (SSSR count). The number of hydrogen-bond acceptors (Lipinski definition) is 5. The first-order chi connectivity index (χ1) is 13.3. The molecule has 28 heavy (non-hydrogen) atoms. The Balaban J connectivity index is 0.000000330. The van der Waals surface area contributed by atoms with Gasteiger partial charge in [-0.2, -0.15) is 4.31 Å². The van der Waals surface area contributed by atoms with E-state index in [2.05, 4.69) is 4.90 Å². The first kappa shape index (κ1) is 20.8. The number of nitrogens with zero attached hydrogens (tertiary/aromatic N) is 2. The second-order valence-electron chi connectivity index (χ2n) is 7.61. The fourth-order valence-electron chi connectivity index (χ4n) is 4.68. The van der Waals surface area contributed by atoms with Crippen molar-refractivity contribution in [3.8, 4) is 0 Å². The number of carboxylic acids is 2. The van der Waals surface area contributed by atoms with Gasteiger partial charge < -0.3 is 10.2 Å². The van der Waals surface area contributed by atoms with Crippen LogP contribution in [0.5, 0.6) is 0 Å².